The number of rotatable bonds is 31. The molecule has 0 unspecified atom stereocenters. The van der Waals surface area contributed by atoms with E-state index in [1.165, 1.54) is 48.7 Å². The Balaban J connectivity index is 0.000000466. The summed E-state index contributed by atoms with van der Waals surface area (Å²) in [7, 11) is 0. The molecule has 0 spiro atoms. The van der Waals surface area contributed by atoms with E-state index in [1.54, 1.807) is 17.4 Å². The van der Waals surface area contributed by atoms with E-state index < -0.39 is 0 Å². The molecule has 0 saturated heterocycles. The minimum atomic E-state index is -0.379. The van der Waals surface area contributed by atoms with Crippen LogP contribution in [0.4, 0.5) is 5.13 Å². The first-order chi connectivity index (χ1) is 31.4. The van der Waals surface area contributed by atoms with Gasteiger partial charge < -0.3 is 39.1 Å². The molecule has 0 bridgehead atoms. The van der Waals surface area contributed by atoms with Crippen LogP contribution in [-0.2, 0) is 32.3 Å². The molecule has 0 fully saturated rings. The number of nitrogens with one attached hydrogen (secondary N) is 2. The highest BCUT2D eigenvalue weighted by molar-refractivity contribution is 7.22. The molecule has 0 radical (unpaired) electrons. The zero-order valence-electron chi connectivity index (χ0n) is 37.4. The van der Waals surface area contributed by atoms with Crippen molar-refractivity contribution in [2.75, 3.05) is 38.3 Å². The Labute approximate surface area is 383 Å². The van der Waals surface area contributed by atoms with E-state index in [9.17, 15) is 9.59 Å². The predicted octanol–water partition coefficient (Wildman–Crippen LogP) is 12.5. The van der Waals surface area contributed by atoms with Gasteiger partial charge in [0, 0.05) is 30.5 Å². The zero-order chi connectivity index (χ0) is 45.5. The van der Waals surface area contributed by atoms with Gasteiger partial charge in [0.15, 0.2) is 5.13 Å². The molecule has 0 saturated carbocycles. The Hall–Kier alpha value is -6.14. The van der Waals surface area contributed by atoms with Crippen LogP contribution < -0.4 is 24.3 Å². The highest BCUT2D eigenvalue weighted by atomic mass is 32.1. The monoisotopic (exact) mass is 891 g/mol. The zero-order valence-corrected chi connectivity index (χ0v) is 38.2. The summed E-state index contributed by atoms with van der Waals surface area (Å²) in [4.78, 5) is 26.6. The molecule has 11 nitrogen and oxygen atoms in total. The van der Waals surface area contributed by atoms with Gasteiger partial charge in [-0.3, -0.25) is 0 Å². The molecule has 4 aromatic carbocycles. The predicted molar refractivity (Wildman–Crippen MR) is 258 cm³/mol. The van der Waals surface area contributed by atoms with E-state index in [0.717, 1.165) is 91.2 Å². The van der Waals surface area contributed by atoms with E-state index in [2.05, 4.69) is 48.6 Å². The molecule has 1 heterocycles. The first-order valence-electron chi connectivity index (χ1n) is 22.4. The number of aromatic nitrogens is 1. The van der Waals surface area contributed by atoms with Gasteiger partial charge in [-0.2, -0.15) is 0 Å². The maximum atomic E-state index is 11.0. The molecule has 64 heavy (non-hydrogen) atoms. The lowest BCUT2D eigenvalue weighted by molar-refractivity contribution is -0.138. The summed E-state index contributed by atoms with van der Waals surface area (Å²) in [6.45, 7) is 12.9. The lowest BCUT2D eigenvalue weighted by Gasteiger charge is -2.13. The molecular formula is C52H65N3O8S. The van der Waals surface area contributed by atoms with Crippen LogP contribution in [0.3, 0.4) is 0 Å². The molecule has 342 valence electrons. The van der Waals surface area contributed by atoms with Gasteiger partial charge in [-0.05, 0) is 124 Å². The van der Waals surface area contributed by atoms with Gasteiger partial charge in [0.2, 0.25) is 0 Å². The second-order valence-electron chi connectivity index (χ2n) is 15.0. The summed E-state index contributed by atoms with van der Waals surface area (Å²) in [6.07, 6.45) is 16.3. The number of hydrogen-bond donors (Lipinski definition) is 2. The van der Waals surface area contributed by atoms with Crippen molar-refractivity contribution in [1.82, 2.24) is 4.98 Å². The number of unbranched alkanes of at least 4 members (excludes halogenated alkanes) is 9. The molecule has 5 rings (SSSR count). The van der Waals surface area contributed by atoms with Crippen molar-refractivity contribution < 1.29 is 38.0 Å². The van der Waals surface area contributed by atoms with E-state index in [0.29, 0.717) is 56.7 Å². The fourth-order valence-electron chi connectivity index (χ4n) is 6.21. The van der Waals surface area contributed by atoms with Gasteiger partial charge in [-0.25, -0.2) is 14.6 Å². The molecule has 5 aromatic rings. The van der Waals surface area contributed by atoms with Crippen LogP contribution in [0.1, 0.15) is 101 Å². The normalized spacial score (nSPS) is 10.5. The number of para-hydroxylation sites is 1. The number of ether oxygens (including phenoxy) is 6. The van der Waals surface area contributed by atoms with Crippen molar-refractivity contribution >= 4 is 44.8 Å². The van der Waals surface area contributed by atoms with E-state index in [4.69, 9.17) is 33.8 Å². The van der Waals surface area contributed by atoms with Gasteiger partial charge in [0.05, 0.1) is 36.6 Å². The number of fused-ring (bicyclic) bond motifs is 1. The van der Waals surface area contributed by atoms with Crippen molar-refractivity contribution in [2.45, 2.75) is 97.2 Å². The topological polar surface area (TPSA) is 138 Å². The van der Waals surface area contributed by atoms with Crippen LogP contribution in [0.15, 0.2) is 116 Å². The van der Waals surface area contributed by atoms with Crippen LogP contribution in [0, 0.1) is 5.41 Å². The SMILES string of the molecule is C=CC(=O)OCCCCCCOc1ccc(COc2ccc(OCc3ccc(OCCCCCCOC(=O)C=C)cc3)c(C=N)c2)cc1.CCCCCCNc1nc2ccccc2s1. The summed E-state index contributed by atoms with van der Waals surface area (Å²) in [5.74, 6) is 2.11. The Kier molecular flexibility index (Phi) is 24.3. The number of esters is 2. The van der Waals surface area contributed by atoms with Crippen LogP contribution >= 0.6 is 11.3 Å². The van der Waals surface area contributed by atoms with Crippen LogP contribution in [-0.4, -0.2) is 56.1 Å². The van der Waals surface area contributed by atoms with E-state index >= 15 is 0 Å². The smallest absolute Gasteiger partial charge is 0.330 e. The Morgan fingerprint density at radius 1 is 0.625 bits per heavy atom. The summed E-state index contributed by atoms with van der Waals surface area (Å²) in [5.41, 5.74) is 3.73. The minimum Gasteiger partial charge on any atom is -0.494 e. The number of carbonyl (C=O) groups excluding carboxylic acids is 2. The number of anilines is 1. The lowest BCUT2D eigenvalue weighted by atomic mass is 10.2. The van der Waals surface area contributed by atoms with Crippen LogP contribution in [0.5, 0.6) is 23.0 Å². The van der Waals surface area contributed by atoms with Crippen molar-refractivity contribution in [1.29, 1.82) is 5.41 Å². The quantitative estimate of drug-likeness (QED) is 0.0191. The fraction of sp³-hybridized carbons (Fsp3) is 0.385. The first kappa shape index (κ1) is 50.5. The highest BCUT2D eigenvalue weighted by Gasteiger charge is 2.07. The van der Waals surface area contributed by atoms with Crippen molar-refractivity contribution in [2.24, 2.45) is 0 Å². The van der Waals surface area contributed by atoms with E-state index in [-0.39, 0.29) is 11.9 Å². The maximum Gasteiger partial charge on any atom is 0.330 e. The second-order valence-corrected chi connectivity index (χ2v) is 16.0. The third-order valence-electron chi connectivity index (χ3n) is 9.82. The van der Waals surface area contributed by atoms with Gasteiger partial charge in [0.1, 0.15) is 36.2 Å². The number of hydrogen-bond acceptors (Lipinski definition) is 12. The van der Waals surface area contributed by atoms with E-state index in [1.807, 2.05) is 66.7 Å². The molecule has 0 aliphatic rings. The minimum absolute atomic E-state index is 0.361. The summed E-state index contributed by atoms with van der Waals surface area (Å²) >= 11 is 1.74. The average molecular weight is 892 g/mol. The molecule has 2 N–H and O–H groups in total. The average Bonchev–Trinajstić information content (AvgIpc) is 3.75. The lowest BCUT2D eigenvalue weighted by Crippen LogP contribution is -2.02. The Bertz CT molecular complexity index is 2090. The van der Waals surface area contributed by atoms with Gasteiger partial charge in [-0.15, -0.1) is 0 Å². The number of nitrogens with zero attached hydrogens (tertiary/aromatic N) is 1. The third-order valence-corrected chi connectivity index (χ3v) is 10.8. The summed E-state index contributed by atoms with van der Waals surface area (Å²) < 4.78 is 34.9. The number of thiazole rings is 1. The molecule has 0 aliphatic heterocycles. The van der Waals surface area contributed by atoms with Gasteiger partial charge in [-0.1, -0.05) is 87.1 Å². The van der Waals surface area contributed by atoms with Crippen molar-refractivity contribution in [3.05, 3.63) is 133 Å². The molecule has 0 atom stereocenters. The fourth-order valence-corrected chi connectivity index (χ4v) is 7.10. The number of carbonyl (C=O) groups is 2. The van der Waals surface area contributed by atoms with Gasteiger partial charge >= 0.3 is 11.9 Å². The largest absolute Gasteiger partial charge is 0.494 e. The third kappa shape index (κ3) is 20.4. The first-order valence-corrected chi connectivity index (χ1v) is 23.2. The molecular weight excluding hydrogens is 827 g/mol. The molecule has 0 amide bonds. The maximum absolute atomic E-state index is 11.0. The summed E-state index contributed by atoms with van der Waals surface area (Å²) in [6, 6.07) is 29.4. The van der Waals surface area contributed by atoms with Crippen LogP contribution in [0.2, 0.25) is 0 Å². The molecule has 0 aliphatic carbocycles. The number of benzene rings is 4. The standard InChI is InChI=1S/C39H47NO8.C13H18N2S/c1-3-38(41)45-25-11-7-5-9-23-43-34-17-13-31(14-18-34)29-47-36-21-22-37(33(27-36)28-40)48-30-32-15-19-35(20-16-32)44-24-10-6-8-12-26-46-39(42)4-2;1-2-3-4-7-10-14-13-15-11-8-5-6-9-12(11)16-13/h3-4,13-22,27-28,40H,1-2,5-12,23-26,29-30H2;5-6,8-9H,2-4,7,10H2,1H3,(H,14,15). The Morgan fingerprint density at radius 3 is 1.70 bits per heavy atom. The van der Waals surface area contributed by atoms with Crippen molar-refractivity contribution in [3.8, 4) is 23.0 Å². The van der Waals surface area contributed by atoms with Crippen LogP contribution in [0.25, 0.3) is 10.2 Å². The highest BCUT2D eigenvalue weighted by Crippen LogP contribution is 2.27. The Morgan fingerprint density at radius 2 is 1.16 bits per heavy atom. The second kappa shape index (κ2) is 30.8. The summed E-state index contributed by atoms with van der Waals surface area (Å²) in [5, 5.41) is 12.3. The molecule has 1 aromatic heterocycles. The molecule has 12 heteroatoms. The van der Waals surface area contributed by atoms with Gasteiger partial charge in [0.25, 0.3) is 0 Å². The van der Waals surface area contributed by atoms with Crippen molar-refractivity contribution in [3.63, 3.8) is 0 Å².